The number of aliphatic hydroxyl groups excluding tert-OH is 1. The van der Waals surface area contributed by atoms with Crippen LogP contribution in [0, 0.1) is 0 Å². The van der Waals surface area contributed by atoms with E-state index in [0.29, 0.717) is 0 Å². The van der Waals surface area contributed by atoms with Crippen molar-refractivity contribution < 1.29 is 9.90 Å². The van der Waals surface area contributed by atoms with Crippen LogP contribution in [0.2, 0.25) is 0 Å². The summed E-state index contributed by atoms with van der Waals surface area (Å²) >= 11 is 0. The lowest BCUT2D eigenvalue weighted by molar-refractivity contribution is -0.137. The molecule has 0 saturated heterocycles. The standard InChI is InChI=1S/C13H20N2O2/c1-13(2,9-16)15(3)12(17)11(14)10-7-5-4-6-8-10/h4-8,11,16H,9,14H2,1-3H3. The van der Waals surface area contributed by atoms with Gasteiger partial charge in [0.05, 0.1) is 12.1 Å². The average molecular weight is 236 g/mol. The van der Waals surface area contributed by atoms with Crippen molar-refractivity contribution in [2.45, 2.75) is 25.4 Å². The summed E-state index contributed by atoms with van der Waals surface area (Å²) in [5, 5.41) is 9.23. The highest BCUT2D eigenvalue weighted by atomic mass is 16.3. The number of nitrogens with zero attached hydrogens (tertiary/aromatic N) is 1. The number of likely N-dealkylation sites (N-methyl/N-ethyl adjacent to an activating group) is 1. The molecule has 0 heterocycles. The number of benzene rings is 1. The monoisotopic (exact) mass is 236 g/mol. The van der Waals surface area contributed by atoms with E-state index in [1.165, 1.54) is 4.90 Å². The van der Waals surface area contributed by atoms with Gasteiger partial charge in [-0.1, -0.05) is 30.3 Å². The Balaban J connectivity index is 2.84. The molecule has 0 aromatic heterocycles. The number of aliphatic hydroxyl groups is 1. The Bertz CT molecular complexity index is 376. The number of amides is 1. The SMILES string of the molecule is CN(C(=O)C(N)c1ccccc1)C(C)(C)CO. The van der Waals surface area contributed by atoms with Crippen LogP contribution < -0.4 is 5.73 Å². The van der Waals surface area contributed by atoms with E-state index in [-0.39, 0.29) is 12.5 Å². The second-order valence-electron chi connectivity index (χ2n) is 4.76. The molecule has 17 heavy (non-hydrogen) atoms. The lowest BCUT2D eigenvalue weighted by Gasteiger charge is -2.35. The van der Waals surface area contributed by atoms with Crippen molar-refractivity contribution in [1.82, 2.24) is 4.90 Å². The van der Waals surface area contributed by atoms with Gasteiger partial charge in [-0.2, -0.15) is 0 Å². The molecule has 0 spiro atoms. The molecule has 1 amide bonds. The predicted molar refractivity (Wildman–Crippen MR) is 67.3 cm³/mol. The van der Waals surface area contributed by atoms with Crippen LogP contribution in [0.25, 0.3) is 0 Å². The molecule has 0 radical (unpaired) electrons. The van der Waals surface area contributed by atoms with Gasteiger partial charge in [0, 0.05) is 7.05 Å². The molecule has 0 fully saturated rings. The van der Waals surface area contributed by atoms with E-state index in [1.54, 1.807) is 20.9 Å². The van der Waals surface area contributed by atoms with Crippen LogP contribution in [-0.4, -0.2) is 35.1 Å². The third-order valence-corrected chi connectivity index (χ3v) is 3.05. The van der Waals surface area contributed by atoms with E-state index in [4.69, 9.17) is 5.73 Å². The molecular formula is C13H20N2O2. The zero-order chi connectivity index (χ0) is 13.1. The topological polar surface area (TPSA) is 66.6 Å². The van der Waals surface area contributed by atoms with Crippen molar-refractivity contribution in [3.8, 4) is 0 Å². The van der Waals surface area contributed by atoms with Gasteiger partial charge in [0.2, 0.25) is 5.91 Å². The molecular weight excluding hydrogens is 216 g/mol. The van der Waals surface area contributed by atoms with Gasteiger partial charge in [-0.15, -0.1) is 0 Å². The Morgan fingerprint density at radius 2 is 1.94 bits per heavy atom. The Hall–Kier alpha value is -1.39. The lowest BCUT2D eigenvalue weighted by Crippen LogP contribution is -2.50. The van der Waals surface area contributed by atoms with E-state index in [2.05, 4.69) is 0 Å². The van der Waals surface area contributed by atoms with Gasteiger partial charge in [0.1, 0.15) is 6.04 Å². The summed E-state index contributed by atoms with van der Waals surface area (Å²) in [6, 6.07) is 8.53. The molecule has 4 heteroatoms. The molecule has 0 saturated carbocycles. The van der Waals surface area contributed by atoms with Gasteiger partial charge < -0.3 is 15.7 Å². The van der Waals surface area contributed by atoms with Crippen molar-refractivity contribution in [2.24, 2.45) is 5.73 Å². The minimum absolute atomic E-state index is 0.100. The fourth-order valence-electron chi connectivity index (χ4n) is 1.42. The lowest BCUT2D eigenvalue weighted by atomic mass is 10.0. The highest BCUT2D eigenvalue weighted by Gasteiger charge is 2.30. The molecule has 1 unspecified atom stereocenters. The first-order valence-corrected chi connectivity index (χ1v) is 5.59. The normalized spacial score (nSPS) is 13.2. The molecule has 0 aliphatic carbocycles. The minimum atomic E-state index is -0.688. The Morgan fingerprint density at radius 3 is 2.41 bits per heavy atom. The van der Waals surface area contributed by atoms with Crippen LogP contribution in [0.1, 0.15) is 25.5 Å². The van der Waals surface area contributed by atoms with Crippen LogP contribution in [0.4, 0.5) is 0 Å². The Morgan fingerprint density at radius 1 is 1.41 bits per heavy atom. The first-order chi connectivity index (χ1) is 7.90. The molecule has 4 nitrogen and oxygen atoms in total. The van der Waals surface area contributed by atoms with E-state index >= 15 is 0 Å². The van der Waals surface area contributed by atoms with Gasteiger partial charge in [0.15, 0.2) is 0 Å². The largest absolute Gasteiger partial charge is 0.394 e. The molecule has 0 aliphatic heterocycles. The zero-order valence-corrected chi connectivity index (χ0v) is 10.6. The predicted octanol–water partition coefficient (Wildman–Crippen LogP) is 0.916. The van der Waals surface area contributed by atoms with E-state index in [0.717, 1.165) is 5.56 Å². The van der Waals surface area contributed by atoms with Crippen molar-refractivity contribution >= 4 is 5.91 Å². The second-order valence-corrected chi connectivity index (χ2v) is 4.76. The van der Waals surface area contributed by atoms with Gasteiger partial charge in [-0.3, -0.25) is 4.79 Å². The average Bonchev–Trinajstić information content (AvgIpc) is 2.37. The zero-order valence-electron chi connectivity index (χ0n) is 10.6. The van der Waals surface area contributed by atoms with Gasteiger partial charge in [0.25, 0.3) is 0 Å². The number of nitrogens with two attached hydrogens (primary N) is 1. The number of hydrogen-bond donors (Lipinski definition) is 2. The maximum atomic E-state index is 12.1. The van der Waals surface area contributed by atoms with Crippen LogP contribution in [0.15, 0.2) is 30.3 Å². The fraction of sp³-hybridized carbons (Fsp3) is 0.462. The number of carbonyl (C=O) groups is 1. The molecule has 1 aromatic carbocycles. The van der Waals surface area contributed by atoms with Gasteiger partial charge in [-0.25, -0.2) is 0 Å². The summed E-state index contributed by atoms with van der Waals surface area (Å²) < 4.78 is 0. The third-order valence-electron chi connectivity index (χ3n) is 3.05. The molecule has 0 bridgehead atoms. The van der Waals surface area contributed by atoms with Crippen molar-refractivity contribution in [3.63, 3.8) is 0 Å². The van der Waals surface area contributed by atoms with Crippen molar-refractivity contribution in [3.05, 3.63) is 35.9 Å². The smallest absolute Gasteiger partial charge is 0.244 e. The van der Waals surface area contributed by atoms with Crippen LogP contribution in [0.5, 0.6) is 0 Å². The minimum Gasteiger partial charge on any atom is -0.394 e. The maximum Gasteiger partial charge on any atom is 0.244 e. The quantitative estimate of drug-likeness (QED) is 0.816. The van der Waals surface area contributed by atoms with E-state index < -0.39 is 11.6 Å². The highest BCUT2D eigenvalue weighted by molar-refractivity contribution is 5.83. The summed E-state index contributed by atoms with van der Waals surface area (Å²) in [4.78, 5) is 13.6. The summed E-state index contributed by atoms with van der Waals surface area (Å²) in [6.07, 6.45) is 0. The first-order valence-electron chi connectivity index (χ1n) is 5.59. The first kappa shape index (κ1) is 13.7. The van der Waals surface area contributed by atoms with Gasteiger partial charge in [-0.05, 0) is 19.4 Å². The fourth-order valence-corrected chi connectivity index (χ4v) is 1.42. The Labute approximate surface area is 102 Å². The number of carbonyl (C=O) groups excluding carboxylic acids is 1. The molecule has 0 aliphatic rings. The number of rotatable bonds is 4. The molecule has 94 valence electrons. The van der Waals surface area contributed by atoms with Gasteiger partial charge >= 0.3 is 0 Å². The summed E-state index contributed by atoms with van der Waals surface area (Å²) in [5.74, 6) is -0.199. The maximum absolute atomic E-state index is 12.1. The summed E-state index contributed by atoms with van der Waals surface area (Å²) in [5.41, 5.74) is 6.09. The van der Waals surface area contributed by atoms with Crippen LogP contribution in [0.3, 0.4) is 0 Å². The number of hydrogen-bond acceptors (Lipinski definition) is 3. The molecule has 1 atom stereocenters. The molecule has 1 aromatic rings. The highest BCUT2D eigenvalue weighted by Crippen LogP contribution is 2.18. The second kappa shape index (κ2) is 5.29. The molecule has 3 N–H and O–H groups in total. The third kappa shape index (κ3) is 3.05. The van der Waals surface area contributed by atoms with E-state index in [1.807, 2.05) is 30.3 Å². The Kier molecular flexibility index (Phi) is 4.26. The summed E-state index contributed by atoms with van der Waals surface area (Å²) in [6.45, 7) is 3.49. The van der Waals surface area contributed by atoms with Crippen molar-refractivity contribution in [2.75, 3.05) is 13.7 Å². The van der Waals surface area contributed by atoms with E-state index in [9.17, 15) is 9.90 Å². The summed E-state index contributed by atoms with van der Waals surface area (Å²) in [7, 11) is 1.65. The molecule has 1 rings (SSSR count). The van der Waals surface area contributed by atoms with Crippen molar-refractivity contribution in [1.29, 1.82) is 0 Å². The van der Waals surface area contributed by atoms with Crippen LogP contribution >= 0.6 is 0 Å². The van der Waals surface area contributed by atoms with Crippen LogP contribution in [-0.2, 0) is 4.79 Å².